The minimum absolute atomic E-state index is 0.0416. The number of carbonyl (C=O) groups excluding carboxylic acids is 5. The minimum atomic E-state index is -0.773. The molecule has 9 rings (SSSR count). The van der Waals surface area contributed by atoms with Gasteiger partial charge in [0.25, 0.3) is 29.5 Å². The molecule has 4 fully saturated rings. The lowest BCUT2D eigenvalue weighted by atomic mass is 10.1. The molecule has 70 heavy (non-hydrogen) atoms. The smallest absolute Gasteiger partial charge is 0.280 e. The molecule has 4 saturated heterocycles. The number of hydrogen-bond donors (Lipinski definition) is 6. The first-order valence-corrected chi connectivity index (χ1v) is 23.8. The lowest BCUT2D eigenvalue weighted by molar-refractivity contribution is 0.0301. The Labute approximate surface area is 406 Å². The van der Waals surface area contributed by atoms with Crippen molar-refractivity contribution in [2.24, 2.45) is 17.2 Å². The highest BCUT2D eigenvalue weighted by molar-refractivity contribution is 7.13. The van der Waals surface area contributed by atoms with Crippen molar-refractivity contribution < 1.29 is 33.4 Å². The molecule has 0 radical (unpaired) electrons. The fraction of sp³-hybridized carbons (Fsp3) is 0.422. The summed E-state index contributed by atoms with van der Waals surface area (Å²) in [5.41, 5.74) is 19.2. The van der Waals surface area contributed by atoms with E-state index in [1.165, 1.54) is 11.3 Å². The topological polar surface area (TPSA) is 321 Å². The van der Waals surface area contributed by atoms with Crippen molar-refractivity contribution in [3.63, 3.8) is 0 Å². The third-order valence-electron chi connectivity index (χ3n) is 11.8. The van der Waals surface area contributed by atoms with Crippen LogP contribution >= 0.6 is 11.3 Å². The maximum absolute atomic E-state index is 12.7. The molecule has 0 unspecified atom stereocenters. The Morgan fingerprint density at radius 2 is 1.11 bits per heavy atom. The van der Waals surface area contributed by atoms with Gasteiger partial charge in [0.1, 0.15) is 0 Å². The van der Waals surface area contributed by atoms with Crippen LogP contribution < -0.4 is 43.0 Å². The summed E-state index contributed by atoms with van der Waals surface area (Å²) in [5, 5.41) is 25.8. The Bertz CT molecular complexity index is 2660. The van der Waals surface area contributed by atoms with E-state index < -0.39 is 11.8 Å². The highest BCUT2D eigenvalue weighted by Crippen LogP contribution is 2.25. The first-order chi connectivity index (χ1) is 33.9. The Morgan fingerprint density at radius 3 is 1.56 bits per heavy atom. The summed E-state index contributed by atoms with van der Waals surface area (Å²) in [7, 11) is 0. The van der Waals surface area contributed by atoms with Gasteiger partial charge in [0.2, 0.25) is 11.9 Å². The molecule has 5 aromatic rings. The highest BCUT2D eigenvalue weighted by atomic mass is 32.1. The number of thiazole rings is 1. The average molecular weight is 978 g/mol. The average Bonchev–Trinajstić information content (AvgIpc) is 3.83. The largest absolute Gasteiger partial charge is 0.378 e. The summed E-state index contributed by atoms with van der Waals surface area (Å²) in [6, 6.07) is 13.7. The lowest BCUT2D eigenvalue weighted by Crippen LogP contribution is -2.48. The summed E-state index contributed by atoms with van der Waals surface area (Å²) in [4.78, 5) is 83.3. The Hall–Kier alpha value is -7.48. The number of rotatable bonds is 12. The number of piperidine rings is 2. The van der Waals surface area contributed by atoms with Crippen LogP contribution in [0.2, 0.25) is 0 Å². The third-order valence-corrected chi connectivity index (χ3v) is 12.7. The van der Waals surface area contributed by atoms with Gasteiger partial charge >= 0.3 is 0 Å². The number of morpholine rings is 2. The monoisotopic (exact) mass is 977 g/mol. The van der Waals surface area contributed by atoms with Crippen LogP contribution in [0.4, 0.5) is 34.9 Å². The van der Waals surface area contributed by atoms with E-state index in [2.05, 4.69) is 51.3 Å². The first kappa shape index (κ1) is 49.0. The van der Waals surface area contributed by atoms with Gasteiger partial charge in [-0.15, -0.1) is 31.7 Å². The van der Waals surface area contributed by atoms with E-state index in [1.807, 2.05) is 16.7 Å². The van der Waals surface area contributed by atoms with Crippen molar-refractivity contribution in [1.82, 2.24) is 50.5 Å². The molecular weight excluding hydrogens is 923 g/mol. The number of hydrogen-bond acceptors (Lipinski definition) is 20. The number of nitrogens with two attached hydrogens (primary N) is 3. The van der Waals surface area contributed by atoms with Crippen LogP contribution in [-0.4, -0.2) is 166 Å². The standard InChI is InChI=1S/C25H29N9O4S.C20H26N8O3/c1-15-13-27-23(39-15)22(36)29-18-3-2-8-34(14-18)25-30-21(19(20(26)35)31-32-25)28-17-6-4-16(5-7-17)24(37)33-9-11-38-12-10-33;21-14-2-1-7-28(12-14)20-24-18(16(17(22)29)25-26-20)23-15-5-3-13(4-6-15)19(30)27-8-10-31-11-9-27/h4-7,13,18H,2-3,8-12,14H2,1H3,(H2,26,35)(H,29,36)(H,28,30,32);3-6,14H,1-2,7-12,21H2,(H2,22,29)(H,23,24,26)/t18-;14-/m11/s1. The molecule has 4 aliphatic rings. The van der Waals surface area contributed by atoms with Crippen molar-refractivity contribution >= 4 is 75.8 Å². The number of ether oxygens (including phenoxy) is 2. The summed E-state index contributed by atoms with van der Waals surface area (Å²) in [5.74, 6) is -0.749. The first-order valence-electron chi connectivity index (χ1n) is 22.9. The van der Waals surface area contributed by atoms with Crippen LogP contribution in [0, 0.1) is 6.92 Å². The van der Waals surface area contributed by atoms with Crippen molar-refractivity contribution in [2.45, 2.75) is 44.7 Å². The Kier molecular flexibility index (Phi) is 15.9. The van der Waals surface area contributed by atoms with E-state index in [1.54, 1.807) is 64.5 Å². The molecular formula is C45H55N17O7S. The fourth-order valence-corrected chi connectivity index (χ4v) is 8.82. The van der Waals surface area contributed by atoms with Gasteiger partial charge in [0.15, 0.2) is 28.0 Å². The number of primary amides is 2. The quantitative estimate of drug-likeness (QED) is 0.103. The SMILES string of the molecule is Cc1cnc(C(=O)N[C@@H]2CCCN(c3nnc(C(N)=O)c(Nc4ccc(C(=O)N5CCOCC5)cc4)n3)C2)s1.NC(=O)c1nnc(N2CCC[C@@H](N)C2)nc1Nc1ccc(C(=O)N2CCOCC2)cc1. The third kappa shape index (κ3) is 12.4. The summed E-state index contributed by atoms with van der Waals surface area (Å²) in [6.07, 6.45) is 5.17. The van der Waals surface area contributed by atoms with Gasteiger partial charge in [-0.05, 0) is 81.1 Å². The number of nitrogens with zero attached hydrogens (tertiary/aromatic N) is 11. The fourth-order valence-electron chi connectivity index (χ4n) is 8.15. The number of aromatic nitrogens is 7. The van der Waals surface area contributed by atoms with Crippen LogP contribution in [0.3, 0.4) is 0 Å². The molecule has 0 bridgehead atoms. The van der Waals surface area contributed by atoms with Gasteiger partial charge in [-0.1, -0.05) is 0 Å². The number of nitrogens with one attached hydrogen (secondary N) is 3. The molecule has 0 spiro atoms. The molecule has 368 valence electrons. The number of aryl methyl sites for hydroxylation is 1. The van der Waals surface area contributed by atoms with E-state index in [0.29, 0.717) is 112 Å². The van der Waals surface area contributed by atoms with Gasteiger partial charge in [-0.25, -0.2) is 4.98 Å². The molecule has 0 saturated carbocycles. The molecule has 0 aliphatic carbocycles. The van der Waals surface area contributed by atoms with Crippen LogP contribution in [0.1, 0.15) is 82.1 Å². The van der Waals surface area contributed by atoms with Crippen molar-refractivity contribution in [2.75, 3.05) is 99.2 Å². The van der Waals surface area contributed by atoms with E-state index >= 15 is 0 Å². The number of carbonyl (C=O) groups is 5. The molecule has 25 heteroatoms. The van der Waals surface area contributed by atoms with Crippen LogP contribution in [0.15, 0.2) is 54.7 Å². The molecule has 2 atom stereocenters. The van der Waals surface area contributed by atoms with Gasteiger partial charge in [0.05, 0.1) is 26.4 Å². The van der Waals surface area contributed by atoms with Gasteiger partial charge in [0, 0.05) is 98.0 Å². The van der Waals surface area contributed by atoms with Crippen LogP contribution in [0.25, 0.3) is 0 Å². The zero-order chi connectivity index (χ0) is 49.1. The predicted molar refractivity (Wildman–Crippen MR) is 259 cm³/mol. The maximum atomic E-state index is 12.7. The number of benzene rings is 2. The predicted octanol–water partition coefficient (Wildman–Crippen LogP) is 1.46. The van der Waals surface area contributed by atoms with E-state index in [0.717, 1.165) is 37.1 Å². The van der Waals surface area contributed by atoms with Crippen LogP contribution in [-0.2, 0) is 9.47 Å². The second kappa shape index (κ2) is 22.8. The molecule has 9 N–H and O–H groups in total. The van der Waals surface area contributed by atoms with Gasteiger partial charge in [-0.2, -0.15) is 9.97 Å². The molecule has 2 aromatic carbocycles. The normalized spacial score (nSPS) is 18.3. The summed E-state index contributed by atoms with van der Waals surface area (Å²) < 4.78 is 10.6. The summed E-state index contributed by atoms with van der Waals surface area (Å²) >= 11 is 1.35. The second-order valence-corrected chi connectivity index (χ2v) is 18.2. The number of anilines is 6. The molecule has 24 nitrogen and oxygen atoms in total. The summed E-state index contributed by atoms with van der Waals surface area (Å²) in [6.45, 7) is 8.86. The maximum Gasteiger partial charge on any atom is 0.280 e. The Balaban J connectivity index is 0.000000193. The molecule has 3 aromatic heterocycles. The van der Waals surface area contributed by atoms with Gasteiger partial charge < -0.3 is 62.2 Å². The van der Waals surface area contributed by atoms with Crippen molar-refractivity contribution in [3.05, 3.63) is 87.1 Å². The zero-order valence-electron chi connectivity index (χ0n) is 38.6. The minimum Gasteiger partial charge on any atom is -0.378 e. The molecule has 4 aliphatic heterocycles. The van der Waals surface area contributed by atoms with E-state index in [4.69, 9.17) is 26.7 Å². The second-order valence-electron chi connectivity index (χ2n) is 16.9. The van der Waals surface area contributed by atoms with Crippen LogP contribution in [0.5, 0.6) is 0 Å². The zero-order valence-corrected chi connectivity index (χ0v) is 39.4. The van der Waals surface area contributed by atoms with E-state index in [-0.39, 0.29) is 52.8 Å². The number of amides is 5. The van der Waals surface area contributed by atoms with Crippen molar-refractivity contribution in [3.8, 4) is 0 Å². The highest BCUT2D eigenvalue weighted by Gasteiger charge is 2.28. The molecule has 7 heterocycles. The molecule has 5 amide bonds. The lowest BCUT2D eigenvalue weighted by Gasteiger charge is -2.32. The Morgan fingerprint density at radius 1 is 0.643 bits per heavy atom. The van der Waals surface area contributed by atoms with Crippen molar-refractivity contribution in [1.29, 1.82) is 0 Å². The van der Waals surface area contributed by atoms with Gasteiger partial charge in [-0.3, -0.25) is 24.0 Å². The van der Waals surface area contributed by atoms with E-state index in [9.17, 15) is 24.0 Å².